The summed E-state index contributed by atoms with van der Waals surface area (Å²) in [5, 5.41) is 8.60. The van der Waals surface area contributed by atoms with Crippen LogP contribution in [0, 0.1) is 0 Å². The molecule has 3 heteroatoms. The molecule has 0 fully saturated rings. The first-order valence-corrected chi connectivity index (χ1v) is 3.16. The van der Waals surface area contributed by atoms with Crippen molar-refractivity contribution in [3.8, 4) is 0 Å². The monoisotopic (exact) mass is 164 g/mol. The van der Waals surface area contributed by atoms with Crippen LogP contribution in [0.3, 0.4) is 0 Å². The van der Waals surface area contributed by atoms with Gasteiger partial charge in [-0.05, 0) is 17.7 Å². The van der Waals surface area contributed by atoms with Crippen molar-refractivity contribution in [2.45, 2.75) is 11.5 Å². The van der Waals surface area contributed by atoms with Gasteiger partial charge in [0.05, 0.1) is 6.61 Å². The Kier molecular flexibility index (Phi) is 5.49. The molecule has 1 aromatic carbocycles. The van der Waals surface area contributed by atoms with Crippen molar-refractivity contribution in [1.82, 2.24) is 0 Å². The first-order chi connectivity index (χ1) is 4.33. The normalized spacial score (nSPS) is 8.60. The third kappa shape index (κ3) is 3.08. The van der Waals surface area contributed by atoms with Crippen molar-refractivity contribution >= 4 is 42.2 Å². The molecule has 10 heavy (non-hydrogen) atoms. The molecule has 0 unspecified atom stereocenters. The Morgan fingerprint density at radius 3 is 2.10 bits per heavy atom. The second kappa shape index (κ2) is 5.22. The fourth-order valence-corrected chi connectivity index (χ4v) is 0.750. The Bertz CT molecular complexity index is 185. The predicted octanol–water partition coefficient (Wildman–Crippen LogP) is 0.819. The van der Waals surface area contributed by atoms with Crippen molar-refractivity contribution in [2.24, 2.45) is 0 Å². The molecule has 0 spiro atoms. The van der Waals surface area contributed by atoms with Gasteiger partial charge in [0.2, 0.25) is 0 Å². The molecule has 50 valence electrons. The van der Waals surface area contributed by atoms with Crippen molar-refractivity contribution < 1.29 is 5.11 Å². The van der Waals surface area contributed by atoms with Crippen molar-refractivity contribution in [3.05, 3.63) is 29.8 Å². The van der Waals surface area contributed by atoms with Crippen LogP contribution in [-0.4, -0.2) is 34.7 Å². The summed E-state index contributed by atoms with van der Waals surface area (Å²) >= 11 is 4.09. The van der Waals surface area contributed by atoms with Gasteiger partial charge < -0.3 is 5.11 Å². The summed E-state index contributed by atoms with van der Waals surface area (Å²) in [5.74, 6) is 0. The third-order valence-electron chi connectivity index (χ3n) is 1.12. The maximum atomic E-state index is 8.60. The van der Waals surface area contributed by atoms with Crippen LogP contribution < -0.4 is 0 Å². The number of benzene rings is 1. The molecule has 0 aromatic heterocycles. The van der Waals surface area contributed by atoms with E-state index in [-0.39, 0.29) is 36.2 Å². The zero-order valence-electron chi connectivity index (χ0n) is 4.91. The van der Waals surface area contributed by atoms with Gasteiger partial charge in [0, 0.05) is 4.90 Å². The fraction of sp³-hybridized carbons (Fsp3) is 0.143. The van der Waals surface area contributed by atoms with E-state index in [1.165, 1.54) is 0 Å². The maximum absolute atomic E-state index is 8.60. The molecule has 0 atom stereocenters. The molecule has 0 aliphatic carbocycles. The zero-order valence-corrected chi connectivity index (χ0v) is 5.81. The van der Waals surface area contributed by atoms with Crippen molar-refractivity contribution in [1.29, 1.82) is 0 Å². The third-order valence-corrected chi connectivity index (χ3v) is 1.42. The average Bonchev–Trinajstić information content (AvgIpc) is 1.90. The van der Waals surface area contributed by atoms with Gasteiger partial charge in [-0.15, -0.1) is 12.6 Å². The van der Waals surface area contributed by atoms with Gasteiger partial charge in [-0.25, -0.2) is 0 Å². The first kappa shape index (κ1) is 10.5. The van der Waals surface area contributed by atoms with Crippen LogP contribution in [0.5, 0.6) is 0 Å². The van der Waals surface area contributed by atoms with Crippen LogP contribution >= 0.6 is 12.6 Å². The summed E-state index contributed by atoms with van der Waals surface area (Å²) in [5.41, 5.74) is 0.924. The minimum atomic E-state index is 0. The molecule has 1 rings (SSSR count). The predicted molar refractivity (Wildman–Crippen MR) is 46.8 cm³/mol. The Labute approximate surface area is 88.2 Å². The molecule has 0 saturated carbocycles. The quantitative estimate of drug-likeness (QED) is 0.465. The molecule has 0 amide bonds. The molecule has 1 aromatic rings. The molecular weight excluding hydrogens is 155 g/mol. The summed E-state index contributed by atoms with van der Waals surface area (Å²) in [6, 6.07) is 7.41. The number of aliphatic hydroxyl groups excluding tert-OH is 1. The van der Waals surface area contributed by atoms with E-state index in [4.69, 9.17) is 5.11 Å². The standard InChI is InChI=1S/C7H8OS.Na.H/c8-5-6-1-3-7(9)4-2-6;;/h1-4,8-9H,5H2;;. The fourth-order valence-electron chi connectivity index (χ4n) is 0.601. The van der Waals surface area contributed by atoms with Gasteiger partial charge in [0.15, 0.2) is 0 Å². The molecule has 0 saturated heterocycles. The minimum absolute atomic E-state index is 0. The summed E-state index contributed by atoms with van der Waals surface area (Å²) in [7, 11) is 0. The topological polar surface area (TPSA) is 20.2 Å². The van der Waals surface area contributed by atoms with E-state index >= 15 is 0 Å². The average molecular weight is 164 g/mol. The molecule has 0 aliphatic heterocycles. The Balaban J connectivity index is 0.000000810. The number of rotatable bonds is 1. The molecule has 1 nitrogen and oxygen atoms in total. The molecule has 0 aliphatic rings. The number of thiol groups is 1. The molecule has 0 radical (unpaired) electrons. The van der Waals surface area contributed by atoms with Crippen LogP contribution in [0.1, 0.15) is 5.56 Å². The van der Waals surface area contributed by atoms with Crippen LogP contribution in [0.2, 0.25) is 0 Å². The van der Waals surface area contributed by atoms with E-state index < -0.39 is 0 Å². The van der Waals surface area contributed by atoms with Gasteiger partial charge in [0.1, 0.15) is 0 Å². The van der Waals surface area contributed by atoms with E-state index in [1.54, 1.807) is 0 Å². The first-order valence-electron chi connectivity index (χ1n) is 2.71. The molecule has 0 bridgehead atoms. The SMILES string of the molecule is OCc1ccc(S)cc1.[NaH]. The molecule has 0 heterocycles. The van der Waals surface area contributed by atoms with Gasteiger partial charge in [-0.2, -0.15) is 0 Å². The van der Waals surface area contributed by atoms with Crippen LogP contribution in [0.4, 0.5) is 0 Å². The van der Waals surface area contributed by atoms with Gasteiger partial charge in [-0.1, -0.05) is 12.1 Å². The summed E-state index contributed by atoms with van der Waals surface area (Å²) in [4.78, 5) is 0.923. The second-order valence-corrected chi connectivity index (χ2v) is 2.34. The van der Waals surface area contributed by atoms with E-state index in [1.807, 2.05) is 24.3 Å². The zero-order chi connectivity index (χ0) is 6.69. The van der Waals surface area contributed by atoms with Gasteiger partial charge in [0.25, 0.3) is 0 Å². The van der Waals surface area contributed by atoms with E-state index in [0.717, 1.165) is 10.5 Å². The van der Waals surface area contributed by atoms with Gasteiger partial charge in [-0.3, -0.25) is 0 Å². The number of aliphatic hydroxyl groups is 1. The summed E-state index contributed by atoms with van der Waals surface area (Å²) in [6.45, 7) is 0.105. The molecular formula is C7H9NaOS. The van der Waals surface area contributed by atoms with E-state index in [2.05, 4.69) is 12.6 Å². The van der Waals surface area contributed by atoms with Gasteiger partial charge >= 0.3 is 29.6 Å². The second-order valence-electron chi connectivity index (χ2n) is 1.82. The number of hydrogen-bond donors (Lipinski definition) is 2. The van der Waals surface area contributed by atoms with E-state index in [0.29, 0.717) is 0 Å². The van der Waals surface area contributed by atoms with Crippen molar-refractivity contribution in [3.63, 3.8) is 0 Å². The van der Waals surface area contributed by atoms with Crippen molar-refractivity contribution in [2.75, 3.05) is 0 Å². The summed E-state index contributed by atoms with van der Waals surface area (Å²) < 4.78 is 0. The van der Waals surface area contributed by atoms with Crippen LogP contribution in [-0.2, 0) is 6.61 Å². The van der Waals surface area contributed by atoms with Crippen LogP contribution in [0.15, 0.2) is 29.2 Å². The molecule has 1 N–H and O–H groups in total. The number of hydrogen-bond acceptors (Lipinski definition) is 2. The van der Waals surface area contributed by atoms with E-state index in [9.17, 15) is 0 Å². The Morgan fingerprint density at radius 2 is 1.70 bits per heavy atom. The Morgan fingerprint density at radius 1 is 1.20 bits per heavy atom. The Hall–Kier alpha value is 0.530. The van der Waals surface area contributed by atoms with Crippen LogP contribution in [0.25, 0.3) is 0 Å². The summed E-state index contributed by atoms with van der Waals surface area (Å²) in [6.07, 6.45) is 0.